The molecule has 3 rings (SSSR count). The largest absolute Gasteiger partial charge is 0.459 e. The monoisotopic (exact) mass is 562 g/mol. The number of rotatable bonds is 10. The van der Waals surface area contributed by atoms with Gasteiger partial charge in [-0.2, -0.15) is 13.2 Å². The first-order valence-electron chi connectivity index (χ1n) is 10.9. The summed E-state index contributed by atoms with van der Waals surface area (Å²) in [7, 11) is -2.42. The fourth-order valence-electron chi connectivity index (χ4n) is 3.26. The first-order valence-corrected chi connectivity index (χ1v) is 13.4. The Morgan fingerprint density at radius 3 is 2.81 bits per heavy atom. The second kappa shape index (κ2) is 12.7. The molecule has 0 aliphatic carbocycles. The van der Waals surface area contributed by atoms with Crippen LogP contribution in [0, 0.1) is 0 Å². The van der Waals surface area contributed by atoms with Crippen LogP contribution in [0.15, 0.2) is 41.8 Å². The number of halogens is 4. The fraction of sp³-hybridized carbons (Fsp3) is 0.409. The number of aromatic nitrogens is 3. The van der Waals surface area contributed by atoms with E-state index in [1.165, 1.54) is 24.0 Å². The van der Waals surface area contributed by atoms with Crippen LogP contribution in [0.5, 0.6) is 5.75 Å². The van der Waals surface area contributed by atoms with E-state index in [0.717, 1.165) is 30.8 Å². The Morgan fingerprint density at radius 1 is 1.39 bits per heavy atom. The van der Waals surface area contributed by atoms with E-state index in [2.05, 4.69) is 36.9 Å². The lowest BCUT2D eigenvalue weighted by atomic mass is 10.1. The van der Waals surface area contributed by atoms with Crippen molar-refractivity contribution in [3.8, 4) is 5.75 Å². The Balaban J connectivity index is 1.79. The second-order valence-corrected chi connectivity index (χ2v) is 10.9. The molecule has 8 nitrogen and oxygen atoms in total. The van der Waals surface area contributed by atoms with Crippen LogP contribution in [-0.4, -0.2) is 50.2 Å². The van der Waals surface area contributed by atoms with Gasteiger partial charge < -0.3 is 15.4 Å². The molecule has 0 aromatic carbocycles. The van der Waals surface area contributed by atoms with Crippen LogP contribution >= 0.6 is 23.4 Å². The van der Waals surface area contributed by atoms with Gasteiger partial charge in [-0.25, -0.2) is 19.2 Å². The summed E-state index contributed by atoms with van der Waals surface area (Å²) >= 11 is 7.51. The van der Waals surface area contributed by atoms with Gasteiger partial charge in [0.2, 0.25) is 5.95 Å². The maximum atomic E-state index is 12.4. The van der Waals surface area contributed by atoms with Crippen LogP contribution < -0.4 is 20.1 Å². The van der Waals surface area contributed by atoms with E-state index in [1.807, 2.05) is 6.92 Å². The fourth-order valence-corrected chi connectivity index (χ4v) is 5.02. The molecule has 3 heterocycles. The molecule has 0 bridgehead atoms. The first kappa shape index (κ1) is 28.2. The minimum absolute atomic E-state index is 0.0421. The van der Waals surface area contributed by atoms with Gasteiger partial charge in [0.15, 0.2) is 5.82 Å². The molecule has 2 unspecified atom stereocenters. The highest BCUT2D eigenvalue weighted by Crippen LogP contribution is 2.36. The molecule has 0 saturated carbocycles. The van der Waals surface area contributed by atoms with Crippen molar-refractivity contribution >= 4 is 51.0 Å². The summed E-state index contributed by atoms with van der Waals surface area (Å²) in [4.78, 5) is 14.4. The summed E-state index contributed by atoms with van der Waals surface area (Å²) in [6.07, 6.45) is 0.441. The zero-order valence-electron chi connectivity index (χ0n) is 19.6. The molecular weight excluding hydrogens is 537 g/mol. The van der Waals surface area contributed by atoms with Gasteiger partial charge in [-0.15, -0.1) is 0 Å². The number of thioether (sulfide) groups is 1. The third-order valence-corrected chi connectivity index (χ3v) is 7.05. The van der Waals surface area contributed by atoms with Crippen molar-refractivity contribution in [3.63, 3.8) is 0 Å². The van der Waals surface area contributed by atoms with Gasteiger partial charge in [0.1, 0.15) is 28.2 Å². The molecule has 1 aliphatic rings. The van der Waals surface area contributed by atoms with Crippen LogP contribution in [0.2, 0.25) is 5.02 Å². The molecule has 3 N–H and O–H groups in total. The molecule has 1 aliphatic heterocycles. The highest BCUT2D eigenvalue weighted by Gasteiger charge is 2.31. The lowest BCUT2D eigenvalue weighted by molar-refractivity contribution is -0.105. The Kier molecular flexibility index (Phi) is 10.00. The van der Waals surface area contributed by atoms with Crippen molar-refractivity contribution < 1.29 is 22.1 Å². The topological polar surface area (TPSA) is 101 Å². The summed E-state index contributed by atoms with van der Waals surface area (Å²) in [5, 5.41) is 6.65. The number of ether oxygens (including phenoxy) is 1. The lowest BCUT2D eigenvalue weighted by Crippen LogP contribution is -2.38. The van der Waals surface area contributed by atoms with Gasteiger partial charge in [-0.05, 0) is 44.2 Å². The third-order valence-electron chi connectivity index (χ3n) is 4.71. The van der Waals surface area contributed by atoms with Crippen molar-refractivity contribution in [2.45, 2.75) is 38.9 Å². The molecule has 1 saturated heterocycles. The van der Waals surface area contributed by atoms with Crippen molar-refractivity contribution in [3.05, 3.63) is 52.5 Å². The van der Waals surface area contributed by atoms with Gasteiger partial charge in [0.05, 0.1) is 21.8 Å². The van der Waals surface area contributed by atoms with Crippen LogP contribution in [0.4, 0.5) is 24.9 Å². The number of allylic oxidation sites excluding steroid dienone is 2. The van der Waals surface area contributed by atoms with E-state index < -0.39 is 22.9 Å². The maximum absolute atomic E-state index is 12.4. The highest BCUT2D eigenvalue weighted by molar-refractivity contribution is 8.11. The predicted molar refractivity (Wildman–Crippen MR) is 139 cm³/mol. The van der Waals surface area contributed by atoms with Crippen LogP contribution in [0.25, 0.3) is 4.91 Å². The van der Waals surface area contributed by atoms with Crippen molar-refractivity contribution in [1.82, 2.24) is 20.3 Å². The Labute approximate surface area is 219 Å². The smallest absolute Gasteiger partial charge is 0.402 e. The Bertz CT molecular complexity index is 1140. The zero-order valence-corrected chi connectivity index (χ0v) is 22.0. The number of pyridine rings is 1. The first-order chi connectivity index (χ1) is 17.0. The zero-order chi connectivity index (χ0) is 26.3. The molecule has 0 radical (unpaired) electrons. The number of hydrogen-bond donors (Lipinski definition) is 3. The SMILES string of the molecule is C=C(C)S/C(=C(\C)Oc1cnc(NS(=O)CC(F)(F)F)c(Cl)c1)c1ccnc(NC2CCCNC2)n1. The molecule has 14 heteroatoms. The standard InChI is InChI=1S/C22H26ClF3N6O2S2/c1-13(2)35-19(18-6-8-28-21(31-18)30-15-5-4-7-27-10-15)14(3)34-16-9-17(23)20(29-11-16)32-36(33)12-22(24,25)26/h6,8-9,11,15,27H,1,4-5,7,10,12H2,2-3H3,(H,29,32)(H,28,30,31)/b19-14+. The van der Waals surface area contributed by atoms with Gasteiger partial charge in [-0.1, -0.05) is 29.9 Å². The van der Waals surface area contributed by atoms with Gasteiger partial charge >= 0.3 is 6.18 Å². The minimum atomic E-state index is -4.59. The summed E-state index contributed by atoms with van der Waals surface area (Å²) in [5.41, 5.74) is 0.627. The molecule has 2 aromatic rings. The summed E-state index contributed by atoms with van der Waals surface area (Å²) < 4.78 is 57.0. The molecule has 196 valence electrons. The van der Waals surface area contributed by atoms with E-state index >= 15 is 0 Å². The third kappa shape index (κ3) is 8.95. The number of anilines is 2. The highest BCUT2D eigenvalue weighted by atomic mass is 35.5. The predicted octanol–water partition coefficient (Wildman–Crippen LogP) is 5.36. The molecule has 0 amide bonds. The number of hydrogen-bond acceptors (Lipinski definition) is 8. The second-order valence-electron chi connectivity index (χ2n) is 7.95. The van der Waals surface area contributed by atoms with Gasteiger partial charge in [0.25, 0.3) is 0 Å². The molecule has 36 heavy (non-hydrogen) atoms. The Hall–Kier alpha value is -2.35. The average Bonchev–Trinajstić information content (AvgIpc) is 2.79. The van der Waals surface area contributed by atoms with Gasteiger partial charge in [0, 0.05) is 24.8 Å². The average molecular weight is 563 g/mol. The molecular formula is C22H26ClF3N6O2S2. The van der Waals surface area contributed by atoms with E-state index in [9.17, 15) is 17.4 Å². The molecule has 1 fully saturated rings. The summed E-state index contributed by atoms with van der Waals surface area (Å²) in [6, 6.07) is 3.37. The van der Waals surface area contributed by atoms with Crippen LogP contribution in [0.3, 0.4) is 0 Å². The molecule has 2 atom stereocenters. The van der Waals surface area contributed by atoms with E-state index in [0.29, 0.717) is 22.3 Å². The van der Waals surface area contributed by atoms with E-state index in [4.69, 9.17) is 16.3 Å². The number of nitrogens with zero attached hydrogens (tertiary/aromatic N) is 3. The maximum Gasteiger partial charge on any atom is 0.402 e. The van der Waals surface area contributed by atoms with Crippen LogP contribution in [0.1, 0.15) is 32.4 Å². The van der Waals surface area contributed by atoms with Gasteiger partial charge in [-0.3, -0.25) is 4.72 Å². The normalized spacial score (nSPS) is 17.7. The van der Waals surface area contributed by atoms with E-state index in [-0.39, 0.29) is 22.6 Å². The minimum Gasteiger partial charge on any atom is -0.459 e. The number of alkyl halides is 3. The van der Waals surface area contributed by atoms with E-state index in [1.54, 1.807) is 19.2 Å². The summed E-state index contributed by atoms with van der Waals surface area (Å²) in [5.74, 6) is -0.453. The number of piperidine rings is 1. The summed E-state index contributed by atoms with van der Waals surface area (Å²) in [6.45, 7) is 9.39. The van der Waals surface area contributed by atoms with Crippen molar-refractivity contribution in [2.75, 3.05) is 28.9 Å². The van der Waals surface area contributed by atoms with Crippen LogP contribution in [-0.2, 0) is 11.0 Å². The molecule has 0 spiro atoms. The molecule has 2 aromatic heterocycles. The quantitative estimate of drug-likeness (QED) is 0.333. The number of nitrogens with one attached hydrogen (secondary N) is 3. The van der Waals surface area contributed by atoms with Crippen molar-refractivity contribution in [2.24, 2.45) is 0 Å². The van der Waals surface area contributed by atoms with Crippen molar-refractivity contribution in [1.29, 1.82) is 0 Å². The lowest BCUT2D eigenvalue weighted by Gasteiger charge is -2.24. The Morgan fingerprint density at radius 2 is 2.17 bits per heavy atom.